The summed E-state index contributed by atoms with van der Waals surface area (Å²) >= 11 is 1.24. The number of thioether (sulfide) groups is 1. The van der Waals surface area contributed by atoms with E-state index in [2.05, 4.69) is 34.3 Å². The lowest BCUT2D eigenvalue weighted by Gasteiger charge is -2.40. The van der Waals surface area contributed by atoms with Gasteiger partial charge < -0.3 is 14.5 Å². The fraction of sp³-hybridized carbons (Fsp3) is 0.500. The lowest BCUT2D eigenvalue weighted by Crippen LogP contribution is -2.55. The Bertz CT molecular complexity index is 714. The standard InChI is InChI=1S/C18H24N4O3S/c1-18(2,22-8-10-24-11-9-22)13-19-15(23)12-26-17-21-20-16(25-17)14-6-4-3-5-7-14/h3-7H,8-13H2,1-2H3,(H,19,23). The Morgan fingerprint density at radius 1 is 1.23 bits per heavy atom. The van der Waals surface area contributed by atoms with Crippen LogP contribution in [0.25, 0.3) is 11.5 Å². The Balaban J connectivity index is 1.45. The van der Waals surface area contributed by atoms with Crippen LogP contribution >= 0.6 is 11.8 Å². The normalized spacial score (nSPS) is 15.8. The summed E-state index contributed by atoms with van der Waals surface area (Å²) in [5, 5.41) is 11.4. The zero-order chi connectivity index (χ0) is 18.4. The monoisotopic (exact) mass is 376 g/mol. The highest BCUT2D eigenvalue weighted by atomic mass is 32.2. The third-order valence-corrected chi connectivity index (χ3v) is 5.16. The van der Waals surface area contributed by atoms with Crippen molar-refractivity contribution in [1.29, 1.82) is 0 Å². The highest BCUT2D eigenvalue weighted by Crippen LogP contribution is 2.22. The van der Waals surface area contributed by atoms with Crippen LogP contribution in [-0.4, -0.2) is 65.1 Å². The topological polar surface area (TPSA) is 80.5 Å². The van der Waals surface area contributed by atoms with Gasteiger partial charge in [0.15, 0.2) is 0 Å². The molecular formula is C18H24N4O3S. The second kappa shape index (κ2) is 8.66. The molecule has 2 heterocycles. The minimum absolute atomic E-state index is 0.0456. The lowest BCUT2D eigenvalue weighted by molar-refractivity contribution is -0.119. The van der Waals surface area contributed by atoms with Crippen molar-refractivity contribution in [1.82, 2.24) is 20.4 Å². The van der Waals surface area contributed by atoms with Crippen molar-refractivity contribution in [3.05, 3.63) is 30.3 Å². The molecular weight excluding hydrogens is 352 g/mol. The number of hydrogen-bond donors (Lipinski definition) is 1. The highest BCUT2D eigenvalue weighted by molar-refractivity contribution is 7.99. The number of benzene rings is 1. The Morgan fingerprint density at radius 3 is 2.69 bits per heavy atom. The van der Waals surface area contributed by atoms with Gasteiger partial charge in [0.2, 0.25) is 11.8 Å². The van der Waals surface area contributed by atoms with Gasteiger partial charge in [-0.05, 0) is 26.0 Å². The third kappa shape index (κ3) is 5.06. The first-order valence-corrected chi connectivity index (χ1v) is 9.64. The number of carbonyl (C=O) groups is 1. The second-order valence-corrected chi connectivity index (χ2v) is 7.64. The Hall–Kier alpha value is -1.90. The van der Waals surface area contributed by atoms with Crippen LogP contribution in [0.15, 0.2) is 40.0 Å². The summed E-state index contributed by atoms with van der Waals surface area (Å²) in [5.74, 6) is 0.660. The molecule has 1 aromatic carbocycles. The number of hydrogen-bond acceptors (Lipinski definition) is 7. The van der Waals surface area contributed by atoms with E-state index in [1.54, 1.807) is 0 Å². The molecule has 0 aliphatic carbocycles. The van der Waals surface area contributed by atoms with Crippen molar-refractivity contribution in [2.45, 2.75) is 24.6 Å². The van der Waals surface area contributed by atoms with Crippen molar-refractivity contribution in [2.24, 2.45) is 0 Å². The number of aromatic nitrogens is 2. The van der Waals surface area contributed by atoms with Crippen molar-refractivity contribution in [2.75, 3.05) is 38.6 Å². The molecule has 0 saturated carbocycles. The minimum atomic E-state index is -0.102. The zero-order valence-corrected chi connectivity index (χ0v) is 15.9. The van der Waals surface area contributed by atoms with E-state index in [4.69, 9.17) is 9.15 Å². The fourth-order valence-electron chi connectivity index (χ4n) is 2.74. The summed E-state index contributed by atoms with van der Waals surface area (Å²) in [6.45, 7) is 8.13. The molecule has 1 saturated heterocycles. The van der Waals surface area contributed by atoms with Gasteiger partial charge in [0.25, 0.3) is 5.22 Å². The van der Waals surface area contributed by atoms with Crippen LogP contribution in [0.4, 0.5) is 0 Å². The Kier molecular flexibility index (Phi) is 6.29. The van der Waals surface area contributed by atoms with Gasteiger partial charge in [0.05, 0.1) is 19.0 Å². The largest absolute Gasteiger partial charge is 0.411 e. The van der Waals surface area contributed by atoms with E-state index in [9.17, 15) is 4.79 Å². The summed E-state index contributed by atoms with van der Waals surface area (Å²) < 4.78 is 11.0. The average molecular weight is 376 g/mol. The molecule has 26 heavy (non-hydrogen) atoms. The van der Waals surface area contributed by atoms with Gasteiger partial charge in [-0.2, -0.15) is 0 Å². The Morgan fingerprint density at radius 2 is 1.96 bits per heavy atom. The van der Waals surface area contributed by atoms with E-state index in [0.29, 0.717) is 17.7 Å². The van der Waals surface area contributed by atoms with E-state index in [1.807, 2.05) is 30.3 Å². The number of morpholine rings is 1. The first-order valence-electron chi connectivity index (χ1n) is 8.66. The van der Waals surface area contributed by atoms with Crippen molar-refractivity contribution in [3.63, 3.8) is 0 Å². The number of rotatable bonds is 7. The van der Waals surface area contributed by atoms with Crippen LogP contribution in [-0.2, 0) is 9.53 Å². The molecule has 0 unspecified atom stereocenters. The SMILES string of the molecule is CC(C)(CNC(=O)CSc1nnc(-c2ccccc2)o1)N1CCOCC1. The van der Waals surface area contributed by atoms with Crippen molar-refractivity contribution >= 4 is 17.7 Å². The van der Waals surface area contributed by atoms with Gasteiger partial charge in [-0.15, -0.1) is 10.2 Å². The maximum absolute atomic E-state index is 12.2. The van der Waals surface area contributed by atoms with Crippen LogP contribution in [0, 0.1) is 0 Å². The number of amides is 1. The molecule has 1 fully saturated rings. The summed E-state index contributed by atoms with van der Waals surface area (Å²) in [7, 11) is 0. The summed E-state index contributed by atoms with van der Waals surface area (Å²) in [6, 6.07) is 9.56. The predicted molar refractivity (Wildman–Crippen MR) is 99.9 cm³/mol. The molecule has 1 N–H and O–H groups in total. The molecule has 0 atom stereocenters. The van der Waals surface area contributed by atoms with Crippen LogP contribution < -0.4 is 5.32 Å². The summed E-state index contributed by atoms with van der Waals surface area (Å²) in [6.07, 6.45) is 0. The van der Waals surface area contributed by atoms with E-state index in [0.717, 1.165) is 31.9 Å². The summed E-state index contributed by atoms with van der Waals surface area (Å²) in [4.78, 5) is 14.5. The molecule has 1 amide bonds. The minimum Gasteiger partial charge on any atom is -0.411 e. The molecule has 140 valence electrons. The number of ether oxygens (including phenoxy) is 1. The summed E-state index contributed by atoms with van der Waals surface area (Å²) in [5.41, 5.74) is 0.762. The Labute approximate surface area is 157 Å². The molecule has 1 aromatic heterocycles. The van der Waals surface area contributed by atoms with Crippen LogP contribution in [0.2, 0.25) is 0 Å². The van der Waals surface area contributed by atoms with E-state index in [-0.39, 0.29) is 17.2 Å². The van der Waals surface area contributed by atoms with Gasteiger partial charge in [0.1, 0.15) is 0 Å². The zero-order valence-electron chi connectivity index (χ0n) is 15.1. The molecule has 0 spiro atoms. The van der Waals surface area contributed by atoms with Gasteiger partial charge in [-0.25, -0.2) is 0 Å². The molecule has 0 bridgehead atoms. The molecule has 0 radical (unpaired) electrons. The predicted octanol–water partition coefficient (Wildman–Crippen LogP) is 2.06. The first kappa shape index (κ1) is 18.9. The smallest absolute Gasteiger partial charge is 0.277 e. The number of carbonyl (C=O) groups excluding carboxylic acids is 1. The van der Waals surface area contributed by atoms with Crippen LogP contribution in [0.5, 0.6) is 0 Å². The fourth-order valence-corrected chi connectivity index (χ4v) is 3.33. The second-order valence-electron chi connectivity index (χ2n) is 6.72. The average Bonchev–Trinajstić information content (AvgIpc) is 3.15. The number of nitrogens with zero attached hydrogens (tertiary/aromatic N) is 3. The van der Waals surface area contributed by atoms with Gasteiger partial charge >= 0.3 is 0 Å². The maximum atomic E-state index is 12.2. The quantitative estimate of drug-likeness (QED) is 0.741. The van der Waals surface area contributed by atoms with Crippen molar-refractivity contribution in [3.8, 4) is 11.5 Å². The van der Waals surface area contributed by atoms with Crippen LogP contribution in [0.3, 0.4) is 0 Å². The first-order chi connectivity index (χ1) is 12.5. The lowest BCUT2D eigenvalue weighted by atomic mass is 10.0. The van der Waals surface area contributed by atoms with Gasteiger partial charge in [0, 0.05) is 30.7 Å². The third-order valence-electron chi connectivity index (χ3n) is 4.34. The molecule has 1 aliphatic heterocycles. The van der Waals surface area contributed by atoms with E-state index in [1.165, 1.54) is 11.8 Å². The maximum Gasteiger partial charge on any atom is 0.277 e. The molecule has 7 nitrogen and oxygen atoms in total. The number of nitrogens with one attached hydrogen (secondary N) is 1. The highest BCUT2D eigenvalue weighted by Gasteiger charge is 2.28. The van der Waals surface area contributed by atoms with Gasteiger partial charge in [-0.1, -0.05) is 30.0 Å². The molecule has 3 rings (SSSR count). The van der Waals surface area contributed by atoms with Gasteiger partial charge in [-0.3, -0.25) is 9.69 Å². The molecule has 1 aliphatic rings. The van der Waals surface area contributed by atoms with E-state index < -0.39 is 0 Å². The molecule has 8 heteroatoms. The molecule has 2 aromatic rings. The van der Waals surface area contributed by atoms with Crippen molar-refractivity contribution < 1.29 is 13.9 Å². The van der Waals surface area contributed by atoms with Crippen LogP contribution in [0.1, 0.15) is 13.8 Å². The van der Waals surface area contributed by atoms with E-state index >= 15 is 0 Å².